The minimum Gasteiger partial charge on any atom is -0.480 e. The maximum absolute atomic E-state index is 11.7. The van der Waals surface area contributed by atoms with Crippen LogP contribution < -0.4 is 5.32 Å². The maximum Gasteiger partial charge on any atom is 0.321 e. The van der Waals surface area contributed by atoms with Gasteiger partial charge in [-0.05, 0) is 27.2 Å². The molecule has 100 valence electrons. The predicted octanol–water partition coefficient (Wildman–Crippen LogP) is 0.179. The molecule has 1 unspecified atom stereocenters. The molecule has 0 saturated carbocycles. The van der Waals surface area contributed by atoms with Crippen molar-refractivity contribution >= 4 is 21.7 Å². The van der Waals surface area contributed by atoms with Crippen molar-refractivity contribution < 1.29 is 23.1 Å². The van der Waals surface area contributed by atoms with Crippen LogP contribution in [0.1, 0.15) is 34.1 Å². The van der Waals surface area contributed by atoms with Gasteiger partial charge in [0, 0.05) is 5.54 Å². The van der Waals surface area contributed by atoms with Gasteiger partial charge in [0.25, 0.3) is 0 Å². The Hall–Kier alpha value is -1.11. The van der Waals surface area contributed by atoms with Crippen molar-refractivity contribution in [3.05, 3.63) is 0 Å². The largest absolute Gasteiger partial charge is 0.480 e. The van der Waals surface area contributed by atoms with Gasteiger partial charge in [-0.2, -0.15) is 0 Å². The van der Waals surface area contributed by atoms with Gasteiger partial charge in [0.1, 0.15) is 5.75 Å². The summed E-state index contributed by atoms with van der Waals surface area (Å²) in [4.78, 5) is 22.2. The van der Waals surface area contributed by atoms with Gasteiger partial charge in [-0.1, -0.05) is 6.92 Å². The molecule has 0 bridgehead atoms. The van der Waals surface area contributed by atoms with Crippen LogP contribution >= 0.6 is 0 Å². The Balaban J connectivity index is 4.77. The Morgan fingerprint density at radius 2 is 1.76 bits per heavy atom. The van der Waals surface area contributed by atoms with E-state index >= 15 is 0 Å². The highest BCUT2D eigenvalue weighted by atomic mass is 32.2. The van der Waals surface area contributed by atoms with E-state index in [1.54, 1.807) is 20.8 Å². The summed E-state index contributed by atoms with van der Waals surface area (Å²) in [6.45, 7) is 6.60. The fraction of sp³-hybridized carbons (Fsp3) is 0.800. The lowest BCUT2D eigenvalue weighted by Gasteiger charge is -2.21. The summed E-state index contributed by atoms with van der Waals surface area (Å²) in [6, 6.07) is 0. The number of aliphatic carboxylic acids is 1. The average molecular weight is 265 g/mol. The van der Waals surface area contributed by atoms with Gasteiger partial charge in [-0.15, -0.1) is 0 Å². The normalized spacial score (nSPS) is 14.1. The van der Waals surface area contributed by atoms with Crippen molar-refractivity contribution in [3.8, 4) is 0 Å². The van der Waals surface area contributed by atoms with Gasteiger partial charge in [0.2, 0.25) is 5.91 Å². The van der Waals surface area contributed by atoms with E-state index < -0.39 is 38.3 Å². The van der Waals surface area contributed by atoms with Crippen molar-refractivity contribution in [2.24, 2.45) is 0 Å². The molecule has 0 fully saturated rings. The topological polar surface area (TPSA) is 101 Å². The third kappa shape index (κ3) is 5.67. The molecular weight excluding hydrogens is 246 g/mol. The van der Waals surface area contributed by atoms with Crippen molar-refractivity contribution in [1.82, 2.24) is 5.32 Å². The lowest BCUT2D eigenvalue weighted by Crippen LogP contribution is -2.45. The highest BCUT2D eigenvalue weighted by molar-refractivity contribution is 7.93. The van der Waals surface area contributed by atoms with Crippen LogP contribution in [-0.4, -0.2) is 41.9 Å². The van der Waals surface area contributed by atoms with Crippen molar-refractivity contribution in [1.29, 1.82) is 0 Å². The number of sulfone groups is 1. The Labute approximate surface area is 101 Å². The molecule has 0 heterocycles. The molecular formula is C10H19NO5S. The Bertz CT molecular complexity index is 393. The zero-order valence-electron chi connectivity index (χ0n) is 10.5. The molecule has 0 aromatic carbocycles. The number of nitrogens with one attached hydrogen (secondary N) is 1. The summed E-state index contributed by atoms with van der Waals surface area (Å²) in [7, 11) is -3.95. The molecule has 2 N–H and O–H groups in total. The zero-order chi connectivity index (χ0) is 13.9. The minimum atomic E-state index is -3.95. The van der Waals surface area contributed by atoms with Crippen LogP contribution in [0.15, 0.2) is 0 Å². The lowest BCUT2D eigenvalue weighted by atomic mass is 10.1. The minimum absolute atomic E-state index is 0.0551. The van der Waals surface area contributed by atoms with Gasteiger partial charge in [0.05, 0.1) is 0 Å². The molecule has 1 atom stereocenters. The van der Waals surface area contributed by atoms with Crippen LogP contribution in [0.2, 0.25) is 0 Å². The first-order chi connectivity index (χ1) is 7.49. The molecule has 6 nitrogen and oxygen atoms in total. The number of hydrogen-bond donors (Lipinski definition) is 2. The van der Waals surface area contributed by atoms with Gasteiger partial charge in [0.15, 0.2) is 15.1 Å². The molecule has 1 amide bonds. The molecule has 0 aromatic rings. The van der Waals surface area contributed by atoms with Gasteiger partial charge < -0.3 is 10.4 Å². The third-order valence-corrected chi connectivity index (χ3v) is 3.99. The second kappa shape index (κ2) is 5.48. The number of carboxylic acid groups (broad SMARTS) is 1. The van der Waals surface area contributed by atoms with Crippen molar-refractivity contribution in [3.63, 3.8) is 0 Å². The smallest absolute Gasteiger partial charge is 0.321 e. The summed E-state index contributed by atoms with van der Waals surface area (Å²) >= 11 is 0. The number of amides is 1. The summed E-state index contributed by atoms with van der Waals surface area (Å²) < 4.78 is 23.3. The molecule has 17 heavy (non-hydrogen) atoms. The van der Waals surface area contributed by atoms with E-state index in [1.807, 2.05) is 0 Å². The number of carbonyl (C=O) groups is 2. The first kappa shape index (κ1) is 15.9. The molecule has 7 heteroatoms. The van der Waals surface area contributed by atoms with Gasteiger partial charge in [-0.3, -0.25) is 9.59 Å². The molecule has 0 aliphatic carbocycles. The second-order valence-electron chi connectivity index (χ2n) is 4.84. The first-order valence-corrected chi connectivity index (χ1v) is 6.96. The average Bonchev–Trinajstić information content (AvgIpc) is 1.96. The van der Waals surface area contributed by atoms with Crippen LogP contribution in [0.5, 0.6) is 0 Å². The molecule has 0 aliphatic rings. The summed E-state index contributed by atoms with van der Waals surface area (Å²) in [6.07, 6.45) is -0.0551. The zero-order valence-corrected chi connectivity index (χ0v) is 11.3. The van der Waals surface area contributed by atoms with E-state index in [9.17, 15) is 18.0 Å². The first-order valence-electron chi connectivity index (χ1n) is 5.25. The predicted molar refractivity (Wildman–Crippen MR) is 63.4 cm³/mol. The van der Waals surface area contributed by atoms with Crippen molar-refractivity contribution in [2.45, 2.75) is 44.9 Å². The summed E-state index contributed by atoms with van der Waals surface area (Å²) in [5.74, 6) is -2.90. The molecule has 0 aromatic heterocycles. The number of rotatable bonds is 5. The molecule has 0 radical (unpaired) electrons. The van der Waals surface area contributed by atoms with Crippen LogP contribution in [0, 0.1) is 0 Å². The van der Waals surface area contributed by atoms with Gasteiger partial charge in [-0.25, -0.2) is 8.42 Å². The van der Waals surface area contributed by atoms with Gasteiger partial charge >= 0.3 is 5.97 Å². The lowest BCUT2D eigenvalue weighted by molar-refractivity contribution is -0.136. The van der Waals surface area contributed by atoms with Crippen LogP contribution in [0.4, 0.5) is 0 Å². The number of hydrogen-bond acceptors (Lipinski definition) is 4. The monoisotopic (exact) mass is 265 g/mol. The SMILES string of the molecule is CCC(C(=O)O)S(=O)(=O)CC(=O)NC(C)(C)C. The van der Waals surface area contributed by atoms with E-state index in [0.29, 0.717) is 0 Å². The fourth-order valence-electron chi connectivity index (χ4n) is 1.32. The van der Waals surface area contributed by atoms with Crippen LogP contribution in [-0.2, 0) is 19.4 Å². The summed E-state index contributed by atoms with van der Waals surface area (Å²) in [5.41, 5.74) is -0.544. The molecule has 0 spiro atoms. The van der Waals surface area contributed by atoms with E-state index in [4.69, 9.17) is 5.11 Å². The number of carbonyl (C=O) groups excluding carboxylic acids is 1. The second-order valence-corrected chi connectivity index (χ2v) is 7.02. The van der Waals surface area contributed by atoms with E-state index in [1.165, 1.54) is 6.92 Å². The third-order valence-electron chi connectivity index (χ3n) is 1.93. The Morgan fingerprint density at radius 3 is 2.06 bits per heavy atom. The maximum atomic E-state index is 11.7. The van der Waals surface area contributed by atoms with E-state index in [-0.39, 0.29) is 6.42 Å². The van der Waals surface area contributed by atoms with E-state index in [0.717, 1.165) is 0 Å². The molecule has 0 aliphatic heterocycles. The highest BCUT2D eigenvalue weighted by Gasteiger charge is 2.33. The Kier molecular flexibility index (Phi) is 5.12. The highest BCUT2D eigenvalue weighted by Crippen LogP contribution is 2.08. The molecule has 0 rings (SSSR count). The summed E-state index contributed by atoms with van der Waals surface area (Å²) in [5, 5.41) is 9.71. The van der Waals surface area contributed by atoms with Crippen LogP contribution in [0.25, 0.3) is 0 Å². The Morgan fingerprint density at radius 1 is 1.29 bits per heavy atom. The van der Waals surface area contributed by atoms with E-state index in [2.05, 4.69) is 5.32 Å². The fourth-order valence-corrected chi connectivity index (χ4v) is 2.77. The van der Waals surface area contributed by atoms with Crippen molar-refractivity contribution in [2.75, 3.05) is 5.75 Å². The molecule has 0 saturated heterocycles. The number of carboxylic acids is 1. The van der Waals surface area contributed by atoms with Crippen LogP contribution in [0.3, 0.4) is 0 Å². The quantitative estimate of drug-likeness (QED) is 0.738. The standard InChI is InChI=1S/C10H19NO5S/c1-5-7(9(13)14)17(15,16)6-8(12)11-10(2,3)4/h7H,5-6H2,1-4H3,(H,11,12)(H,13,14).